The minimum Gasteiger partial charge on any atom is -0.497 e. The molecule has 0 spiro atoms. The molecule has 8 nitrogen and oxygen atoms in total. The van der Waals surface area contributed by atoms with E-state index < -0.39 is 5.72 Å². The van der Waals surface area contributed by atoms with Gasteiger partial charge in [-0.15, -0.1) is 0 Å². The average molecular weight is 474 g/mol. The molecule has 2 atom stereocenters. The van der Waals surface area contributed by atoms with Gasteiger partial charge < -0.3 is 24.8 Å². The highest BCUT2D eigenvalue weighted by Gasteiger charge is 2.50. The molecule has 2 unspecified atom stereocenters. The molecule has 3 aromatic rings. The molecule has 2 bridgehead atoms. The third kappa shape index (κ3) is 4.12. The van der Waals surface area contributed by atoms with Gasteiger partial charge in [-0.3, -0.25) is 9.69 Å². The molecule has 0 saturated carbocycles. The summed E-state index contributed by atoms with van der Waals surface area (Å²) in [4.78, 5) is 27.7. The highest BCUT2D eigenvalue weighted by Crippen LogP contribution is 2.49. The van der Waals surface area contributed by atoms with Gasteiger partial charge in [-0.25, -0.2) is 4.79 Å². The van der Waals surface area contributed by atoms with Crippen LogP contribution < -0.4 is 29.7 Å². The van der Waals surface area contributed by atoms with Gasteiger partial charge in [0, 0.05) is 24.1 Å². The highest BCUT2D eigenvalue weighted by atomic mass is 16.5. The number of nitrogens with zero attached hydrogens (tertiary/aromatic N) is 1. The van der Waals surface area contributed by atoms with Crippen LogP contribution in [0.2, 0.25) is 0 Å². The van der Waals surface area contributed by atoms with E-state index in [9.17, 15) is 9.59 Å². The Balaban J connectivity index is 1.39. The van der Waals surface area contributed by atoms with Gasteiger partial charge in [-0.1, -0.05) is 30.3 Å². The lowest BCUT2D eigenvalue weighted by Crippen LogP contribution is -2.65. The number of methoxy groups -OCH3 is 2. The molecule has 5 rings (SSSR count). The first-order chi connectivity index (χ1) is 16.9. The summed E-state index contributed by atoms with van der Waals surface area (Å²) in [6.07, 6.45) is 0.547. The molecule has 0 aromatic heterocycles. The van der Waals surface area contributed by atoms with E-state index in [1.54, 1.807) is 43.4 Å². The molecule has 2 aliphatic rings. The van der Waals surface area contributed by atoms with Crippen LogP contribution in [0.5, 0.6) is 17.2 Å². The lowest BCUT2D eigenvalue weighted by atomic mass is 9.89. The fraction of sp³-hybridized carbons (Fsp3) is 0.259. The van der Waals surface area contributed by atoms with Gasteiger partial charge in [0.1, 0.15) is 5.75 Å². The van der Waals surface area contributed by atoms with Crippen LogP contribution in [0.4, 0.5) is 10.5 Å². The van der Waals surface area contributed by atoms with Crippen LogP contribution >= 0.6 is 0 Å². The Kier molecular flexibility index (Phi) is 5.72. The number of fused-ring (bicyclic) bond motifs is 4. The third-order valence-electron chi connectivity index (χ3n) is 6.44. The second-order valence-corrected chi connectivity index (χ2v) is 8.78. The number of benzene rings is 3. The number of hydrogen-bond donors (Lipinski definition) is 2. The quantitative estimate of drug-likeness (QED) is 0.554. The summed E-state index contributed by atoms with van der Waals surface area (Å²) in [5.74, 6) is 1.71. The molecule has 35 heavy (non-hydrogen) atoms. The van der Waals surface area contributed by atoms with Gasteiger partial charge in [0.05, 0.1) is 25.9 Å². The maximum atomic E-state index is 13.2. The van der Waals surface area contributed by atoms with Crippen molar-refractivity contribution in [3.63, 3.8) is 0 Å². The Morgan fingerprint density at radius 3 is 2.71 bits per heavy atom. The standard InChI is InChI=1S/C27H27N3O5/c1-27-15-22(21-11-6-12-23(34-3)24(21)35-27)29-26(32)30(27)19-9-5-8-18(14-19)25(31)28-16-17-7-4-10-20(13-17)33-2/h4-14,22H,15-16H2,1-3H3,(H,28,31)(H,29,32). The predicted molar refractivity (Wildman–Crippen MR) is 131 cm³/mol. The fourth-order valence-electron chi connectivity index (χ4n) is 4.76. The van der Waals surface area contributed by atoms with E-state index in [0.29, 0.717) is 35.7 Å². The second kappa shape index (κ2) is 8.87. The molecule has 3 amide bonds. The number of carbonyl (C=O) groups is 2. The summed E-state index contributed by atoms with van der Waals surface area (Å²) in [6.45, 7) is 2.23. The fourth-order valence-corrected chi connectivity index (χ4v) is 4.76. The van der Waals surface area contributed by atoms with Gasteiger partial charge in [-0.05, 0) is 48.9 Å². The molecular formula is C27H27N3O5. The normalized spacial score (nSPS) is 20.3. The largest absolute Gasteiger partial charge is 0.497 e. The monoisotopic (exact) mass is 473 g/mol. The summed E-state index contributed by atoms with van der Waals surface area (Å²) in [5.41, 5.74) is 1.87. The summed E-state index contributed by atoms with van der Waals surface area (Å²) in [5, 5.41) is 6.00. The first kappa shape index (κ1) is 22.6. The van der Waals surface area contributed by atoms with Gasteiger partial charge in [-0.2, -0.15) is 0 Å². The van der Waals surface area contributed by atoms with E-state index >= 15 is 0 Å². The first-order valence-electron chi connectivity index (χ1n) is 11.4. The Bertz CT molecular complexity index is 1290. The number of nitrogens with one attached hydrogen (secondary N) is 2. The van der Waals surface area contributed by atoms with Gasteiger partial charge >= 0.3 is 6.03 Å². The van der Waals surface area contributed by atoms with Crippen LogP contribution in [0.1, 0.15) is 40.9 Å². The van der Waals surface area contributed by atoms with Crippen molar-refractivity contribution < 1.29 is 23.8 Å². The summed E-state index contributed by atoms with van der Waals surface area (Å²) < 4.78 is 17.1. The molecule has 2 N–H and O–H groups in total. The smallest absolute Gasteiger partial charge is 0.325 e. The number of anilines is 1. The molecule has 1 saturated heterocycles. The minimum absolute atomic E-state index is 0.197. The number of amides is 3. The van der Waals surface area contributed by atoms with Crippen molar-refractivity contribution in [3.8, 4) is 17.2 Å². The van der Waals surface area contributed by atoms with Crippen molar-refractivity contribution in [1.82, 2.24) is 10.6 Å². The van der Waals surface area contributed by atoms with Gasteiger partial charge in [0.25, 0.3) is 5.91 Å². The van der Waals surface area contributed by atoms with Crippen molar-refractivity contribution in [2.24, 2.45) is 0 Å². The highest BCUT2D eigenvalue weighted by molar-refractivity contribution is 5.99. The van der Waals surface area contributed by atoms with Crippen LogP contribution in [0.3, 0.4) is 0 Å². The van der Waals surface area contributed by atoms with Gasteiger partial charge in [0.15, 0.2) is 17.2 Å². The molecule has 180 valence electrons. The van der Waals surface area contributed by atoms with Crippen molar-refractivity contribution >= 4 is 17.6 Å². The molecule has 0 radical (unpaired) electrons. The Morgan fingerprint density at radius 1 is 1.11 bits per heavy atom. The van der Waals surface area contributed by atoms with Crippen LogP contribution in [0.15, 0.2) is 66.7 Å². The van der Waals surface area contributed by atoms with Crippen molar-refractivity contribution in [2.45, 2.75) is 31.7 Å². The Hall–Kier alpha value is -4.20. The van der Waals surface area contributed by atoms with Crippen LogP contribution in [0, 0.1) is 0 Å². The second-order valence-electron chi connectivity index (χ2n) is 8.78. The van der Waals surface area contributed by atoms with E-state index in [1.165, 1.54) is 0 Å². The molecule has 1 fully saturated rings. The maximum absolute atomic E-state index is 13.2. The summed E-state index contributed by atoms with van der Waals surface area (Å²) in [6, 6.07) is 19.7. The first-order valence-corrected chi connectivity index (χ1v) is 11.4. The summed E-state index contributed by atoms with van der Waals surface area (Å²) in [7, 11) is 3.20. The molecule has 0 aliphatic carbocycles. The zero-order valence-electron chi connectivity index (χ0n) is 19.8. The molecule has 2 aliphatic heterocycles. The molecule has 8 heteroatoms. The summed E-state index contributed by atoms with van der Waals surface area (Å²) >= 11 is 0. The zero-order chi connectivity index (χ0) is 24.6. The Labute approximate surface area is 203 Å². The van der Waals surface area contributed by atoms with Crippen molar-refractivity contribution in [2.75, 3.05) is 19.1 Å². The SMILES string of the molecule is COc1cccc(CNC(=O)c2cccc(N3C(=O)NC4CC3(C)Oc3c(OC)cccc34)c2)c1. The van der Waals surface area contributed by atoms with E-state index in [1.807, 2.05) is 49.4 Å². The van der Waals surface area contributed by atoms with Gasteiger partial charge in [0.2, 0.25) is 0 Å². The van der Waals surface area contributed by atoms with E-state index in [2.05, 4.69) is 10.6 Å². The van der Waals surface area contributed by atoms with Crippen LogP contribution in [-0.2, 0) is 6.54 Å². The average Bonchev–Trinajstić information content (AvgIpc) is 2.86. The lowest BCUT2D eigenvalue weighted by Gasteiger charge is -2.50. The number of para-hydroxylation sites is 1. The molecule has 2 heterocycles. The topological polar surface area (TPSA) is 89.1 Å². The lowest BCUT2D eigenvalue weighted by molar-refractivity contribution is 0.0349. The Morgan fingerprint density at radius 2 is 1.91 bits per heavy atom. The van der Waals surface area contributed by atoms with E-state index in [4.69, 9.17) is 14.2 Å². The number of rotatable bonds is 6. The zero-order valence-corrected chi connectivity index (χ0v) is 19.8. The van der Waals surface area contributed by atoms with Crippen LogP contribution in [-0.4, -0.2) is 31.9 Å². The van der Waals surface area contributed by atoms with Crippen molar-refractivity contribution in [1.29, 1.82) is 0 Å². The predicted octanol–water partition coefficient (Wildman–Crippen LogP) is 4.40. The van der Waals surface area contributed by atoms with E-state index in [-0.39, 0.29) is 18.0 Å². The van der Waals surface area contributed by atoms with Crippen molar-refractivity contribution in [3.05, 3.63) is 83.4 Å². The number of carbonyl (C=O) groups excluding carboxylic acids is 2. The maximum Gasteiger partial charge on any atom is 0.325 e. The molecule has 3 aromatic carbocycles. The van der Waals surface area contributed by atoms with Crippen LogP contribution in [0.25, 0.3) is 0 Å². The minimum atomic E-state index is -0.954. The molecular weight excluding hydrogens is 446 g/mol. The van der Waals surface area contributed by atoms with E-state index in [0.717, 1.165) is 16.9 Å². The number of ether oxygens (including phenoxy) is 3. The number of urea groups is 1. The number of hydrogen-bond acceptors (Lipinski definition) is 5. The third-order valence-corrected chi connectivity index (χ3v) is 6.44.